The highest BCUT2D eigenvalue weighted by molar-refractivity contribution is 5.89. The Morgan fingerprint density at radius 2 is 1.79 bits per heavy atom. The third-order valence-electron chi connectivity index (χ3n) is 3.81. The largest absolute Gasteiger partial charge is 0.490 e. The average molecular weight is 379 g/mol. The summed E-state index contributed by atoms with van der Waals surface area (Å²) < 4.78 is 10.3. The molecule has 0 spiro atoms. The lowest BCUT2D eigenvalue weighted by molar-refractivity contribution is -0.143. The lowest BCUT2D eigenvalue weighted by Crippen LogP contribution is -2.29. The van der Waals surface area contributed by atoms with Gasteiger partial charge in [0.05, 0.1) is 0 Å². The van der Waals surface area contributed by atoms with Crippen molar-refractivity contribution in [3.63, 3.8) is 0 Å². The molecule has 0 aliphatic heterocycles. The van der Waals surface area contributed by atoms with Crippen LogP contribution >= 0.6 is 0 Å². The number of nitrogens with one attached hydrogen (secondary N) is 1. The number of hydrogen-bond donors (Lipinski definition) is 1. The molecule has 1 N–H and O–H groups in total. The first-order valence-electron chi connectivity index (χ1n) is 9.16. The van der Waals surface area contributed by atoms with Crippen molar-refractivity contribution < 1.29 is 19.1 Å². The molecule has 0 unspecified atom stereocenters. The number of rotatable bonds is 11. The van der Waals surface area contributed by atoms with Crippen LogP contribution in [-0.4, -0.2) is 31.6 Å². The average Bonchev–Trinajstić information content (AvgIpc) is 2.74. The van der Waals surface area contributed by atoms with Crippen molar-refractivity contribution in [1.82, 2.24) is 5.32 Å². The van der Waals surface area contributed by atoms with Crippen LogP contribution in [-0.2, 0) is 20.7 Å². The molecular formula is C23H25NO4. The van der Waals surface area contributed by atoms with E-state index in [-0.39, 0.29) is 12.5 Å². The zero-order chi connectivity index (χ0) is 20.0. The molecule has 0 saturated heterocycles. The van der Waals surface area contributed by atoms with E-state index in [2.05, 4.69) is 24.0 Å². The van der Waals surface area contributed by atoms with Crippen LogP contribution in [0.3, 0.4) is 0 Å². The van der Waals surface area contributed by atoms with Gasteiger partial charge in [0.25, 0.3) is 5.91 Å². The third kappa shape index (κ3) is 8.36. The van der Waals surface area contributed by atoms with E-state index in [1.54, 1.807) is 24.3 Å². The van der Waals surface area contributed by atoms with Gasteiger partial charge in [-0.05, 0) is 42.2 Å². The molecule has 5 heteroatoms. The van der Waals surface area contributed by atoms with Crippen LogP contribution in [0.25, 0.3) is 6.08 Å². The van der Waals surface area contributed by atoms with Crippen LogP contribution in [0.5, 0.6) is 5.75 Å². The van der Waals surface area contributed by atoms with E-state index in [4.69, 9.17) is 9.47 Å². The van der Waals surface area contributed by atoms with Gasteiger partial charge in [0.15, 0.2) is 6.61 Å². The fraction of sp³-hybridized carbons (Fsp3) is 0.217. The van der Waals surface area contributed by atoms with Crippen molar-refractivity contribution in [3.8, 4) is 5.75 Å². The Morgan fingerprint density at radius 3 is 2.50 bits per heavy atom. The minimum absolute atomic E-state index is 0.289. The second-order valence-electron chi connectivity index (χ2n) is 6.05. The zero-order valence-electron chi connectivity index (χ0n) is 15.8. The van der Waals surface area contributed by atoms with Gasteiger partial charge in [0.2, 0.25) is 0 Å². The Balaban J connectivity index is 1.62. The molecule has 2 aromatic rings. The molecule has 0 bridgehead atoms. The number of carbonyl (C=O) groups excluding carboxylic acids is 2. The van der Waals surface area contributed by atoms with Crippen molar-refractivity contribution in [2.24, 2.45) is 0 Å². The van der Waals surface area contributed by atoms with Gasteiger partial charge >= 0.3 is 5.97 Å². The van der Waals surface area contributed by atoms with Crippen molar-refractivity contribution in [2.75, 3.05) is 19.8 Å². The highest BCUT2D eigenvalue weighted by atomic mass is 16.5. The Hall–Kier alpha value is -3.34. The molecule has 2 rings (SSSR count). The predicted octanol–water partition coefficient (Wildman–Crippen LogP) is 3.56. The number of carbonyl (C=O) groups is 2. The lowest BCUT2D eigenvalue weighted by atomic mass is 10.1. The first kappa shape index (κ1) is 21.0. The molecule has 0 atom stereocenters. The first-order valence-corrected chi connectivity index (χ1v) is 9.16. The Kier molecular flexibility index (Phi) is 9.08. The van der Waals surface area contributed by atoms with Crippen LogP contribution in [0.4, 0.5) is 0 Å². The summed E-state index contributed by atoms with van der Waals surface area (Å²) in [6, 6.07) is 17.3. The summed E-state index contributed by atoms with van der Waals surface area (Å²) in [4.78, 5) is 23.4. The van der Waals surface area contributed by atoms with Gasteiger partial charge in [-0.1, -0.05) is 55.1 Å². The molecule has 146 valence electrons. The van der Waals surface area contributed by atoms with Gasteiger partial charge < -0.3 is 14.8 Å². The van der Waals surface area contributed by atoms with Crippen molar-refractivity contribution in [1.29, 1.82) is 0 Å². The molecule has 28 heavy (non-hydrogen) atoms. The monoisotopic (exact) mass is 379 g/mol. The van der Waals surface area contributed by atoms with E-state index in [9.17, 15) is 9.59 Å². The van der Waals surface area contributed by atoms with Crippen molar-refractivity contribution in [3.05, 3.63) is 84.5 Å². The van der Waals surface area contributed by atoms with E-state index in [1.807, 2.05) is 30.3 Å². The summed E-state index contributed by atoms with van der Waals surface area (Å²) in [5.41, 5.74) is 2.06. The fourth-order valence-electron chi connectivity index (χ4n) is 2.40. The molecule has 2 aromatic carbocycles. The second-order valence-corrected chi connectivity index (χ2v) is 6.05. The normalized spacial score (nSPS) is 10.4. The van der Waals surface area contributed by atoms with Gasteiger partial charge in [-0.25, -0.2) is 4.79 Å². The Morgan fingerprint density at radius 1 is 1.04 bits per heavy atom. The van der Waals surface area contributed by atoms with Gasteiger partial charge in [-0.3, -0.25) is 4.79 Å². The van der Waals surface area contributed by atoms with Gasteiger partial charge in [0.1, 0.15) is 12.4 Å². The van der Waals surface area contributed by atoms with Crippen molar-refractivity contribution >= 4 is 18.0 Å². The van der Waals surface area contributed by atoms with Crippen LogP contribution < -0.4 is 10.1 Å². The fourth-order valence-corrected chi connectivity index (χ4v) is 2.40. The van der Waals surface area contributed by atoms with Crippen LogP contribution in [0, 0.1) is 0 Å². The molecular weight excluding hydrogens is 354 g/mol. The number of ether oxygens (including phenoxy) is 2. The van der Waals surface area contributed by atoms with Gasteiger partial charge in [0, 0.05) is 12.6 Å². The van der Waals surface area contributed by atoms with E-state index in [0.29, 0.717) is 13.2 Å². The first-order chi connectivity index (χ1) is 13.7. The standard InChI is InChI=1S/C23H25NO4/c1-2-17-27-21-13-10-20(11-14-21)12-15-23(26)28-18-22(25)24-16-6-9-19-7-4-3-5-8-19/h2-5,7-8,10-15H,1,6,9,16-18H2,(H,24,25)/b15-12+. The predicted molar refractivity (Wildman–Crippen MR) is 110 cm³/mol. The number of hydrogen-bond acceptors (Lipinski definition) is 4. The van der Waals surface area contributed by atoms with Crippen LogP contribution in [0.15, 0.2) is 73.3 Å². The van der Waals surface area contributed by atoms with E-state index in [1.165, 1.54) is 11.6 Å². The minimum atomic E-state index is -0.564. The summed E-state index contributed by atoms with van der Waals surface area (Å²) in [7, 11) is 0. The van der Waals surface area contributed by atoms with Crippen LogP contribution in [0.1, 0.15) is 17.5 Å². The number of amides is 1. The lowest BCUT2D eigenvalue weighted by Gasteiger charge is -2.05. The summed E-state index contributed by atoms with van der Waals surface area (Å²) in [5, 5.41) is 2.74. The minimum Gasteiger partial charge on any atom is -0.490 e. The Labute approximate surface area is 165 Å². The number of esters is 1. The molecule has 0 saturated carbocycles. The number of benzene rings is 2. The maximum Gasteiger partial charge on any atom is 0.331 e. The molecule has 0 fully saturated rings. The Bertz CT molecular complexity index is 782. The van der Waals surface area contributed by atoms with E-state index in [0.717, 1.165) is 24.2 Å². The van der Waals surface area contributed by atoms with Gasteiger partial charge in [-0.15, -0.1) is 0 Å². The van der Waals surface area contributed by atoms with Crippen molar-refractivity contribution in [2.45, 2.75) is 12.8 Å². The second kappa shape index (κ2) is 12.1. The summed E-state index contributed by atoms with van der Waals surface area (Å²) in [5.74, 6) is -0.145. The van der Waals surface area contributed by atoms with E-state index < -0.39 is 5.97 Å². The maximum atomic E-state index is 11.7. The summed E-state index contributed by atoms with van der Waals surface area (Å²) in [6.45, 7) is 4.28. The quantitative estimate of drug-likeness (QED) is 0.281. The molecule has 0 heterocycles. The summed E-state index contributed by atoms with van der Waals surface area (Å²) in [6.07, 6.45) is 6.31. The highest BCUT2D eigenvalue weighted by Gasteiger charge is 2.04. The summed E-state index contributed by atoms with van der Waals surface area (Å²) >= 11 is 0. The molecule has 0 aliphatic rings. The third-order valence-corrected chi connectivity index (χ3v) is 3.81. The SMILES string of the molecule is C=CCOc1ccc(/C=C/C(=O)OCC(=O)NCCCc2ccccc2)cc1. The smallest absolute Gasteiger partial charge is 0.331 e. The zero-order valence-corrected chi connectivity index (χ0v) is 15.8. The molecule has 0 aromatic heterocycles. The topological polar surface area (TPSA) is 64.6 Å². The highest BCUT2D eigenvalue weighted by Crippen LogP contribution is 2.13. The molecule has 0 aliphatic carbocycles. The molecule has 5 nitrogen and oxygen atoms in total. The number of aryl methyl sites for hydroxylation is 1. The molecule has 0 radical (unpaired) electrons. The van der Waals surface area contributed by atoms with E-state index >= 15 is 0 Å². The van der Waals surface area contributed by atoms with Gasteiger partial charge in [-0.2, -0.15) is 0 Å². The maximum absolute atomic E-state index is 11.7. The molecule has 1 amide bonds. The van der Waals surface area contributed by atoms with Crippen LogP contribution in [0.2, 0.25) is 0 Å².